The zero-order valence-electron chi connectivity index (χ0n) is 9.32. The van der Waals surface area contributed by atoms with Gasteiger partial charge in [-0.15, -0.1) is 0 Å². The van der Waals surface area contributed by atoms with Crippen molar-refractivity contribution in [2.24, 2.45) is 0 Å². The molecule has 1 aromatic heterocycles. The number of hydrogen-bond donors (Lipinski definition) is 1. The highest BCUT2D eigenvalue weighted by Crippen LogP contribution is 2.05. The second-order valence-corrected chi connectivity index (χ2v) is 4.25. The van der Waals surface area contributed by atoms with Crippen molar-refractivity contribution in [3.8, 4) is 0 Å². The van der Waals surface area contributed by atoms with Crippen LogP contribution in [0.2, 0.25) is 0 Å². The average molecular weight is 226 g/mol. The molecule has 0 bridgehead atoms. The molecule has 84 valence electrons. The highest BCUT2D eigenvalue weighted by Gasteiger charge is 2.04. The number of likely N-dealkylation sites (N-methyl/N-ethyl adjacent to an activating group) is 1. The molecule has 0 aliphatic heterocycles. The quantitative estimate of drug-likeness (QED) is 0.743. The van der Waals surface area contributed by atoms with E-state index in [1.54, 1.807) is 16.2 Å². The van der Waals surface area contributed by atoms with E-state index in [1.807, 2.05) is 14.0 Å². The molecular formula is C11H18N2OS. The van der Waals surface area contributed by atoms with Crippen molar-refractivity contribution in [2.75, 3.05) is 26.7 Å². The Bertz CT molecular complexity index is 285. The predicted molar refractivity (Wildman–Crippen MR) is 64.2 cm³/mol. The second-order valence-electron chi connectivity index (χ2n) is 3.47. The lowest BCUT2D eigenvalue weighted by molar-refractivity contribution is -0.128. The van der Waals surface area contributed by atoms with Crippen molar-refractivity contribution in [3.63, 3.8) is 0 Å². The first kappa shape index (κ1) is 12.2. The van der Waals surface area contributed by atoms with Gasteiger partial charge in [0.15, 0.2) is 0 Å². The van der Waals surface area contributed by atoms with Gasteiger partial charge >= 0.3 is 0 Å². The lowest BCUT2D eigenvalue weighted by Gasteiger charge is -2.14. The van der Waals surface area contributed by atoms with Crippen LogP contribution in [0.25, 0.3) is 0 Å². The van der Waals surface area contributed by atoms with Gasteiger partial charge in [-0.05, 0) is 42.3 Å². The van der Waals surface area contributed by atoms with E-state index in [2.05, 4.69) is 22.1 Å². The molecule has 1 aromatic rings. The number of carbonyl (C=O) groups is 1. The molecule has 1 amide bonds. The van der Waals surface area contributed by atoms with Gasteiger partial charge in [0.1, 0.15) is 0 Å². The number of hydrogen-bond acceptors (Lipinski definition) is 3. The number of nitrogens with zero attached hydrogens (tertiary/aromatic N) is 1. The smallest absolute Gasteiger partial charge is 0.236 e. The summed E-state index contributed by atoms with van der Waals surface area (Å²) in [5, 5.41) is 7.37. The van der Waals surface area contributed by atoms with Gasteiger partial charge in [0.05, 0.1) is 6.54 Å². The molecule has 1 rings (SSSR count). The number of amides is 1. The fraction of sp³-hybridized carbons (Fsp3) is 0.545. The van der Waals surface area contributed by atoms with Crippen molar-refractivity contribution < 1.29 is 4.79 Å². The molecule has 1 N–H and O–H groups in total. The molecule has 0 atom stereocenters. The normalized spacial score (nSPS) is 10.3. The minimum atomic E-state index is 0.155. The molecule has 4 heteroatoms. The summed E-state index contributed by atoms with van der Waals surface area (Å²) in [4.78, 5) is 13.1. The van der Waals surface area contributed by atoms with E-state index in [1.165, 1.54) is 5.56 Å². The van der Waals surface area contributed by atoms with Gasteiger partial charge in [0.2, 0.25) is 5.91 Å². The van der Waals surface area contributed by atoms with Gasteiger partial charge in [-0.2, -0.15) is 11.3 Å². The van der Waals surface area contributed by atoms with Crippen LogP contribution in [0, 0.1) is 0 Å². The van der Waals surface area contributed by atoms with E-state index in [0.717, 1.165) is 19.5 Å². The van der Waals surface area contributed by atoms with E-state index in [9.17, 15) is 4.79 Å². The lowest BCUT2D eigenvalue weighted by Crippen LogP contribution is -2.36. The summed E-state index contributed by atoms with van der Waals surface area (Å²) >= 11 is 1.71. The predicted octanol–water partition coefficient (Wildman–Crippen LogP) is 1.36. The molecule has 0 fully saturated rings. The van der Waals surface area contributed by atoms with E-state index < -0.39 is 0 Å². The van der Waals surface area contributed by atoms with Crippen molar-refractivity contribution in [1.29, 1.82) is 0 Å². The van der Waals surface area contributed by atoms with Crippen molar-refractivity contribution in [1.82, 2.24) is 10.2 Å². The fourth-order valence-corrected chi connectivity index (χ4v) is 1.88. The summed E-state index contributed by atoms with van der Waals surface area (Å²) in [7, 11) is 1.82. The van der Waals surface area contributed by atoms with Crippen LogP contribution < -0.4 is 5.32 Å². The minimum Gasteiger partial charge on any atom is -0.345 e. The summed E-state index contributed by atoms with van der Waals surface area (Å²) in [5.41, 5.74) is 1.34. The Kier molecular flexibility index (Phi) is 5.36. The number of thiophene rings is 1. The van der Waals surface area contributed by atoms with Crippen LogP contribution in [0.1, 0.15) is 12.5 Å². The Morgan fingerprint density at radius 3 is 3.00 bits per heavy atom. The molecule has 15 heavy (non-hydrogen) atoms. The van der Waals surface area contributed by atoms with Crippen molar-refractivity contribution in [2.45, 2.75) is 13.3 Å². The van der Waals surface area contributed by atoms with E-state index in [4.69, 9.17) is 0 Å². The number of carbonyl (C=O) groups excluding carboxylic acids is 1. The van der Waals surface area contributed by atoms with Crippen LogP contribution in [0.15, 0.2) is 16.8 Å². The molecule has 0 spiro atoms. The summed E-state index contributed by atoms with van der Waals surface area (Å²) in [6.07, 6.45) is 0.993. The first-order valence-electron chi connectivity index (χ1n) is 5.19. The Morgan fingerprint density at radius 2 is 2.40 bits per heavy atom. The summed E-state index contributed by atoms with van der Waals surface area (Å²) in [5.74, 6) is 0.155. The van der Waals surface area contributed by atoms with Crippen LogP contribution in [-0.4, -0.2) is 37.5 Å². The summed E-state index contributed by atoms with van der Waals surface area (Å²) in [6.45, 7) is 4.04. The minimum absolute atomic E-state index is 0.155. The fourth-order valence-electron chi connectivity index (χ4n) is 1.17. The Morgan fingerprint density at radius 1 is 1.60 bits per heavy atom. The first-order valence-corrected chi connectivity index (χ1v) is 6.14. The molecule has 0 aliphatic carbocycles. The van der Waals surface area contributed by atoms with E-state index in [-0.39, 0.29) is 5.91 Å². The Balaban J connectivity index is 2.09. The highest BCUT2D eigenvalue weighted by atomic mass is 32.1. The molecule has 3 nitrogen and oxygen atoms in total. The number of rotatable bonds is 6. The molecule has 0 saturated carbocycles. The zero-order chi connectivity index (χ0) is 11.1. The van der Waals surface area contributed by atoms with Crippen molar-refractivity contribution in [3.05, 3.63) is 22.4 Å². The van der Waals surface area contributed by atoms with Crippen LogP contribution in [0.3, 0.4) is 0 Å². The zero-order valence-corrected chi connectivity index (χ0v) is 10.1. The first-order chi connectivity index (χ1) is 7.24. The Labute approximate surface area is 95.1 Å². The molecule has 0 radical (unpaired) electrons. The third-order valence-electron chi connectivity index (χ3n) is 2.35. The van der Waals surface area contributed by atoms with E-state index in [0.29, 0.717) is 6.54 Å². The molecule has 0 saturated heterocycles. The van der Waals surface area contributed by atoms with Crippen LogP contribution in [-0.2, 0) is 11.2 Å². The average Bonchev–Trinajstić information content (AvgIpc) is 2.75. The summed E-state index contributed by atoms with van der Waals surface area (Å²) < 4.78 is 0. The maximum absolute atomic E-state index is 11.4. The molecular weight excluding hydrogens is 208 g/mol. The SMILES string of the molecule is CCN(C)C(=O)CNCCc1ccsc1. The van der Waals surface area contributed by atoms with Crippen LogP contribution >= 0.6 is 11.3 Å². The van der Waals surface area contributed by atoms with Gasteiger partial charge in [-0.1, -0.05) is 0 Å². The highest BCUT2D eigenvalue weighted by molar-refractivity contribution is 7.07. The molecule has 0 unspecified atom stereocenters. The summed E-state index contributed by atoms with van der Waals surface area (Å²) in [6, 6.07) is 2.12. The topological polar surface area (TPSA) is 32.3 Å². The maximum atomic E-state index is 11.4. The maximum Gasteiger partial charge on any atom is 0.236 e. The Hall–Kier alpha value is -0.870. The lowest BCUT2D eigenvalue weighted by atomic mass is 10.2. The van der Waals surface area contributed by atoms with Gasteiger partial charge in [0, 0.05) is 13.6 Å². The third-order valence-corrected chi connectivity index (χ3v) is 3.08. The molecule has 0 aliphatic rings. The van der Waals surface area contributed by atoms with Gasteiger partial charge in [0.25, 0.3) is 0 Å². The molecule has 1 heterocycles. The monoisotopic (exact) mass is 226 g/mol. The standard InChI is InChI=1S/C11H18N2OS/c1-3-13(2)11(14)8-12-6-4-10-5-7-15-9-10/h5,7,9,12H,3-4,6,8H2,1-2H3. The van der Waals surface area contributed by atoms with Gasteiger partial charge in [-0.3, -0.25) is 4.79 Å². The third kappa shape index (κ3) is 4.44. The van der Waals surface area contributed by atoms with E-state index >= 15 is 0 Å². The largest absolute Gasteiger partial charge is 0.345 e. The number of nitrogens with one attached hydrogen (secondary N) is 1. The second kappa shape index (κ2) is 6.58. The van der Waals surface area contributed by atoms with Crippen LogP contribution in [0.5, 0.6) is 0 Å². The van der Waals surface area contributed by atoms with Crippen LogP contribution in [0.4, 0.5) is 0 Å². The molecule has 0 aromatic carbocycles. The van der Waals surface area contributed by atoms with Gasteiger partial charge < -0.3 is 10.2 Å². The van der Waals surface area contributed by atoms with Crippen molar-refractivity contribution >= 4 is 17.2 Å². The van der Waals surface area contributed by atoms with Gasteiger partial charge in [-0.25, -0.2) is 0 Å².